The maximum atomic E-state index is 11.9. The van der Waals surface area contributed by atoms with Crippen molar-refractivity contribution in [2.75, 3.05) is 18.7 Å². The molecule has 0 bridgehead atoms. The number of aryl methyl sites for hydroxylation is 1. The van der Waals surface area contributed by atoms with Gasteiger partial charge in [-0.3, -0.25) is 9.36 Å². The van der Waals surface area contributed by atoms with Gasteiger partial charge in [-0.15, -0.1) is 0 Å². The van der Waals surface area contributed by atoms with Crippen LogP contribution in [0.1, 0.15) is 5.56 Å². The van der Waals surface area contributed by atoms with Gasteiger partial charge in [-0.25, -0.2) is 9.78 Å². The first-order chi connectivity index (χ1) is 11.1. The molecule has 2 N–H and O–H groups in total. The summed E-state index contributed by atoms with van der Waals surface area (Å²) in [4.78, 5) is 27.6. The van der Waals surface area contributed by atoms with E-state index in [1.807, 2.05) is 0 Å². The van der Waals surface area contributed by atoms with Gasteiger partial charge in [0.25, 0.3) is 5.56 Å². The highest BCUT2D eigenvalue weighted by atomic mass is 16.7. The largest absolute Gasteiger partial charge is 0.454 e. The quantitative estimate of drug-likeness (QED) is 0.881. The summed E-state index contributed by atoms with van der Waals surface area (Å²) in [7, 11) is 0. The molecule has 1 aromatic heterocycles. The lowest BCUT2D eigenvalue weighted by molar-refractivity contribution is 0.174. The van der Waals surface area contributed by atoms with Crippen molar-refractivity contribution in [3.8, 4) is 11.5 Å². The molecule has 1 aromatic carbocycles. The minimum absolute atomic E-state index is 0.113. The van der Waals surface area contributed by atoms with E-state index in [9.17, 15) is 9.59 Å². The lowest BCUT2D eigenvalue weighted by Gasteiger charge is -2.09. The minimum Gasteiger partial charge on any atom is -0.454 e. The molecule has 0 radical (unpaired) electrons. The Labute approximate surface area is 132 Å². The molecule has 1 aliphatic heterocycles. The molecular formula is C15H16N4O4. The molecule has 8 heteroatoms. The zero-order chi connectivity index (χ0) is 16.2. The second-order valence-electron chi connectivity index (χ2n) is 5.02. The Morgan fingerprint density at radius 3 is 3.04 bits per heavy atom. The molecule has 2 aromatic rings. The molecule has 0 saturated carbocycles. The number of rotatable bonds is 4. The van der Waals surface area contributed by atoms with Crippen LogP contribution in [0.4, 0.5) is 10.5 Å². The number of fused-ring (bicyclic) bond motifs is 1. The van der Waals surface area contributed by atoms with E-state index in [2.05, 4.69) is 15.6 Å². The van der Waals surface area contributed by atoms with Crippen molar-refractivity contribution >= 4 is 11.7 Å². The highest BCUT2D eigenvalue weighted by molar-refractivity contribution is 5.89. The molecule has 23 heavy (non-hydrogen) atoms. The standard InChI is InChI=1S/C15H16N4O4/c1-10-7-16-8-19(14(10)20)5-4-17-15(21)18-11-2-3-12-13(6-11)23-9-22-12/h2-3,6-8H,4-5,9H2,1H3,(H2,17,18,21). The van der Waals surface area contributed by atoms with E-state index in [1.54, 1.807) is 25.1 Å². The molecule has 0 saturated heterocycles. The Morgan fingerprint density at radius 1 is 1.35 bits per heavy atom. The molecule has 0 aliphatic carbocycles. The molecule has 0 atom stereocenters. The fourth-order valence-corrected chi connectivity index (χ4v) is 2.16. The second kappa shape index (κ2) is 6.39. The Morgan fingerprint density at radius 2 is 2.17 bits per heavy atom. The number of nitrogens with one attached hydrogen (secondary N) is 2. The number of carbonyl (C=O) groups excluding carboxylic acids is 1. The smallest absolute Gasteiger partial charge is 0.319 e. The highest BCUT2D eigenvalue weighted by Gasteiger charge is 2.13. The third-order valence-electron chi connectivity index (χ3n) is 3.34. The zero-order valence-corrected chi connectivity index (χ0v) is 12.5. The minimum atomic E-state index is -0.363. The van der Waals surface area contributed by atoms with E-state index < -0.39 is 0 Å². The summed E-state index contributed by atoms with van der Waals surface area (Å²) in [5.74, 6) is 1.25. The van der Waals surface area contributed by atoms with Crippen LogP contribution in [0.5, 0.6) is 11.5 Å². The van der Waals surface area contributed by atoms with E-state index in [0.29, 0.717) is 35.8 Å². The van der Waals surface area contributed by atoms with E-state index in [0.717, 1.165) is 0 Å². The van der Waals surface area contributed by atoms with Crippen molar-refractivity contribution < 1.29 is 14.3 Å². The number of urea groups is 1. The van der Waals surface area contributed by atoms with Crippen LogP contribution in [0.3, 0.4) is 0 Å². The Hall–Kier alpha value is -3.03. The summed E-state index contributed by atoms with van der Waals surface area (Å²) in [5.41, 5.74) is 1.05. The Kier molecular flexibility index (Phi) is 4.13. The molecule has 0 fully saturated rings. The van der Waals surface area contributed by atoms with E-state index in [1.165, 1.54) is 17.1 Å². The van der Waals surface area contributed by atoms with Crippen molar-refractivity contribution in [2.45, 2.75) is 13.5 Å². The van der Waals surface area contributed by atoms with Crippen LogP contribution in [0.25, 0.3) is 0 Å². The molecule has 1 aliphatic rings. The van der Waals surface area contributed by atoms with Gasteiger partial charge in [-0.1, -0.05) is 0 Å². The van der Waals surface area contributed by atoms with Crippen LogP contribution in [0.15, 0.2) is 35.5 Å². The van der Waals surface area contributed by atoms with Gasteiger partial charge in [0.1, 0.15) is 0 Å². The van der Waals surface area contributed by atoms with Gasteiger partial charge >= 0.3 is 6.03 Å². The number of hydrogen-bond acceptors (Lipinski definition) is 5. The first-order valence-corrected chi connectivity index (χ1v) is 7.09. The average molecular weight is 316 g/mol. The van der Waals surface area contributed by atoms with Crippen LogP contribution < -0.4 is 25.7 Å². The summed E-state index contributed by atoms with van der Waals surface area (Å²) in [6, 6.07) is 4.78. The molecule has 120 valence electrons. The van der Waals surface area contributed by atoms with Crippen LogP contribution in [0.2, 0.25) is 0 Å². The topological polar surface area (TPSA) is 94.5 Å². The van der Waals surface area contributed by atoms with Crippen LogP contribution in [-0.4, -0.2) is 28.9 Å². The van der Waals surface area contributed by atoms with Crippen molar-refractivity contribution in [3.63, 3.8) is 0 Å². The number of hydrogen-bond donors (Lipinski definition) is 2. The SMILES string of the molecule is Cc1cncn(CCNC(=O)Nc2ccc3c(c2)OCO3)c1=O. The first-order valence-electron chi connectivity index (χ1n) is 7.09. The van der Waals surface area contributed by atoms with Crippen LogP contribution in [-0.2, 0) is 6.54 Å². The number of benzene rings is 1. The normalized spacial score (nSPS) is 12.0. The van der Waals surface area contributed by atoms with Gasteiger partial charge in [0, 0.05) is 36.6 Å². The molecular weight excluding hydrogens is 300 g/mol. The fraction of sp³-hybridized carbons (Fsp3) is 0.267. The molecule has 8 nitrogen and oxygen atoms in total. The van der Waals surface area contributed by atoms with Gasteiger partial charge in [0.2, 0.25) is 6.79 Å². The maximum Gasteiger partial charge on any atom is 0.319 e. The first kappa shape index (κ1) is 14.9. The Bertz CT molecular complexity index is 787. The van der Waals surface area contributed by atoms with Crippen molar-refractivity contribution in [3.05, 3.63) is 46.6 Å². The lowest BCUT2D eigenvalue weighted by atomic mass is 10.3. The van der Waals surface area contributed by atoms with E-state index >= 15 is 0 Å². The van der Waals surface area contributed by atoms with Gasteiger partial charge in [0.15, 0.2) is 11.5 Å². The molecule has 0 spiro atoms. The predicted molar refractivity (Wildman–Crippen MR) is 82.8 cm³/mol. The zero-order valence-electron chi connectivity index (χ0n) is 12.5. The molecule has 3 rings (SSSR count). The van der Waals surface area contributed by atoms with Gasteiger partial charge < -0.3 is 20.1 Å². The van der Waals surface area contributed by atoms with Crippen molar-refractivity contribution in [1.29, 1.82) is 0 Å². The summed E-state index contributed by atoms with van der Waals surface area (Å²) in [6.45, 7) is 2.54. The maximum absolute atomic E-state index is 11.9. The average Bonchev–Trinajstić information content (AvgIpc) is 2.99. The molecule has 2 amide bonds. The van der Waals surface area contributed by atoms with Crippen molar-refractivity contribution in [1.82, 2.24) is 14.9 Å². The summed E-state index contributed by atoms with van der Waals surface area (Å²) >= 11 is 0. The molecule has 2 heterocycles. The Balaban J connectivity index is 1.52. The summed E-state index contributed by atoms with van der Waals surface area (Å²) in [5, 5.41) is 5.38. The van der Waals surface area contributed by atoms with Gasteiger partial charge in [0.05, 0.1) is 6.33 Å². The van der Waals surface area contributed by atoms with Crippen LogP contribution in [0, 0.1) is 6.92 Å². The number of ether oxygens (including phenoxy) is 2. The number of amides is 2. The van der Waals surface area contributed by atoms with Crippen LogP contribution >= 0.6 is 0 Å². The number of nitrogens with zero attached hydrogens (tertiary/aromatic N) is 2. The highest BCUT2D eigenvalue weighted by Crippen LogP contribution is 2.34. The molecule has 0 unspecified atom stereocenters. The second-order valence-corrected chi connectivity index (χ2v) is 5.02. The van der Waals surface area contributed by atoms with Gasteiger partial charge in [-0.05, 0) is 19.1 Å². The van der Waals surface area contributed by atoms with Crippen molar-refractivity contribution in [2.24, 2.45) is 0 Å². The number of aromatic nitrogens is 2. The van der Waals surface area contributed by atoms with E-state index in [-0.39, 0.29) is 18.4 Å². The summed E-state index contributed by atoms with van der Waals surface area (Å²) in [6.07, 6.45) is 2.96. The number of carbonyl (C=O) groups is 1. The third-order valence-corrected chi connectivity index (χ3v) is 3.34. The van der Waals surface area contributed by atoms with Gasteiger partial charge in [-0.2, -0.15) is 0 Å². The fourth-order valence-electron chi connectivity index (χ4n) is 2.16. The third kappa shape index (κ3) is 3.42. The monoisotopic (exact) mass is 316 g/mol. The lowest BCUT2D eigenvalue weighted by Crippen LogP contribution is -2.34. The number of anilines is 1. The van der Waals surface area contributed by atoms with E-state index in [4.69, 9.17) is 9.47 Å². The summed E-state index contributed by atoms with van der Waals surface area (Å²) < 4.78 is 11.9. The predicted octanol–water partition coefficient (Wildman–Crippen LogP) is 1.10.